The van der Waals surface area contributed by atoms with Crippen LogP contribution in [-0.2, 0) is 7.05 Å². The summed E-state index contributed by atoms with van der Waals surface area (Å²) in [7, 11) is 6.90. The van der Waals surface area contributed by atoms with Gasteiger partial charge in [0.05, 0.1) is 27.0 Å². The summed E-state index contributed by atoms with van der Waals surface area (Å²) >= 11 is 0. The van der Waals surface area contributed by atoms with Crippen LogP contribution in [0.1, 0.15) is 0 Å². The van der Waals surface area contributed by atoms with Crippen LogP contribution in [0, 0.1) is 5.82 Å². The Balaban J connectivity index is 1.80. The molecule has 0 aliphatic heterocycles. The summed E-state index contributed by atoms with van der Waals surface area (Å²) in [5.41, 5.74) is 6.88. The zero-order valence-corrected chi connectivity index (χ0v) is 20.0. The third-order valence-corrected chi connectivity index (χ3v) is 6.24. The summed E-state index contributed by atoms with van der Waals surface area (Å²) in [5, 5.41) is 1.05. The van der Waals surface area contributed by atoms with E-state index >= 15 is 0 Å². The molecule has 5 rings (SSSR count). The molecule has 0 fully saturated rings. The molecule has 0 unspecified atom stereocenters. The third kappa shape index (κ3) is 4.08. The number of ether oxygens (including phenoxy) is 3. The lowest BCUT2D eigenvalue weighted by Crippen LogP contribution is -1.95. The van der Waals surface area contributed by atoms with Gasteiger partial charge in [-0.3, -0.25) is 0 Å². The van der Waals surface area contributed by atoms with Crippen LogP contribution in [0.2, 0.25) is 0 Å². The van der Waals surface area contributed by atoms with E-state index < -0.39 is 0 Å². The maximum atomic E-state index is 13.8. The molecule has 35 heavy (non-hydrogen) atoms. The zero-order chi connectivity index (χ0) is 24.5. The molecule has 0 amide bonds. The summed E-state index contributed by atoms with van der Waals surface area (Å²) < 4.78 is 32.3. The van der Waals surface area contributed by atoms with E-state index in [4.69, 9.17) is 14.2 Å². The zero-order valence-electron chi connectivity index (χ0n) is 20.0. The molecule has 0 bridgehead atoms. The molecule has 0 N–H and O–H groups in total. The predicted octanol–water partition coefficient (Wildman–Crippen LogP) is 6.74. The highest BCUT2D eigenvalue weighted by Crippen LogP contribution is 2.43. The van der Waals surface area contributed by atoms with E-state index in [0.717, 1.165) is 44.4 Å². The molecule has 6 heteroatoms. The number of rotatable bonds is 6. The Kier molecular flexibility index (Phi) is 5.87. The standard InChI is InChI=1S/C29H25FN2O3/c1-32-26-11-7-19(20-8-12-27(35-4)31-17-20)15-25(26)28(18-5-9-22(30)10-6-18)29(32)21-13-23(33-2)16-24(14-21)34-3/h5-17H,1-4H3. The predicted molar refractivity (Wildman–Crippen MR) is 137 cm³/mol. The fraction of sp³-hybridized carbons (Fsp3) is 0.138. The van der Waals surface area contributed by atoms with Crippen LogP contribution < -0.4 is 14.2 Å². The van der Waals surface area contributed by atoms with Crippen LogP contribution in [-0.4, -0.2) is 30.9 Å². The Morgan fingerprint density at radius 1 is 0.686 bits per heavy atom. The van der Waals surface area contributed by atoms with E-state index in [9.17, 15) is 4.39 Å². The highest BCUT2D eigenvalue weighted by Gasteiger charge is 2.20. The van der Waals surface area contributed by atoms with Crippen molar-refractivity contribution in [3.63, 3.8) is 0 Å². The van der Waals surface area contributed by atoms with Crippen molar-refractivity contribution in [2.75, 3.05) is 21.3 Å². The number of pyridine rings is 1. The van der Waals surface area contributed by atoms with Crippen molar-refractivity contribution in [2.24, 2.45) is 7.05 Å². The highest BCUT2D eigenvalue weighted by molar-refractivity contribution is 6.06. The summed E-state index contributed by atoms with van der Waals surface area (Å²) in [6.07, 6.45) is 1.80. The molecular weight excluding hydrogens is 443 g/mol. The summed E-state index contributed by atoms with van der Waals surface area (Å²) in [6, 6.07) is 22.6. The van der Waals surface area contributed by atoms with Crippen LogP contribution in [0.15, 0.2) is 79.0 Å². The van der Waals surface area contributed by atoms with Crippen LogP contribution in [0.3, 0.4) is 0 Å². The fourth-order valence-electron chi connectivity index (χ4n) is 4.49. The number of methoxy groups -OCH3 is 3. The second kappa shape index (κ2) is 9.14. The Bertz CT molecular complexity index is 1480. The van der Waals surface area contributed by atoms with Crippen molar-refractivity contribution in [2.45, 2.75) is 0 Å². The first-order chi connectivity index (χ1) is 17.0. The van der Waals surface area contributed by atoms with Gasteiger partial charge in [0.1, 0.15) is 17.3 Å². The van der Waals surface area contributed by atoms with Gasteiger partial charge in [0.15, 0.2) is 0 Å². The van der Waals surface area contributed by atoms with Crippen molar-refractivity contribution in [3.8, 4) is 50.9 Å². The van der Waals surface area contributed by atoms with Crippen molar-refractivity contribution in [1.82, 2.24) is 9.55 Å². The van der Waals surface area contributed by atoms with Crippen molar-refractivity contribution in [1.29, 1.82) is 0 Å². The third-order valence-electron chi connectivity index (χ3n) is 6.24. The lowest BCUT2D eigenvalue weighted by Gasteiger charge is -2.12. The highest BCUT2D eigenvalue weighted by atomic mass is 19.1. The number of fused-ring (bicyclic) bond motifs is 1. The molecular formula is C29H25FN2O3. The topological polar surface area (TPSA) is 45.5 Å². The Morgan fingerprint density at radius 3 is 1.94 bits per heavy atom. The van der Waals surface area contributed by atoms with E-state index in [1.807, 2.05) is 49.5 Å². The van der Waals surface area contributed by atoms with Crippen LogP contribution in [0.4, 0.5) is 4.39 Å². The van der Waals surface area contributed by atoms with Gasteiger partial charge in [-0.15, -0.1) is 0 Å². The van der Waals surface area contributed by atoms with Crippen LogP contribution in [0.5, 0.6) is 17.4 Å². The summed E-state index contributed by atoms with van der Waals surface area (Å²) in [4.78, 5) is 4.36. The molecule has 2 aromatic heterocycles. The quantitative estimate of drug-likeness (QED) is 0.277. The second-order valence-corrected chi connectivity index (χ2v) is 8.21. The van der Waals surface area contributed by atoms with E-state index in [0.29, 0.717) is 17.4 Å². The van der Waals surface area contributed by atoms with Crippen molar-refractivity contribution >= 4 is 10.9 Å². The average molecular weight is 469 g/mol. The Labute approximate surface area is 203 Å². The molecule has 2 heterocycles. The second-order valence-electron chi connectivity index (χ2n) is 8.21. The monoisotopic (exact) mass is 468 g/mol. The largest absolute Gasteiger partial charge is 0.497 e. The summed E-state index contributed by atoms with van der Waals surface area (Å²) in [6.45, 7) is 0. The van der Waals surface area contributed by atoms with E-state index in [1.54, 1.807) is 27.5 Å². The van der Waals surface area contributed by atoms with Gasteiger partial charge in [-0.1, -0.05) is 18.2 Å². The van der Waals surface area contributed by atoms with E-state index in [2.05, 4.69) is 27.8 Å². The molecule has 0 aliphatic carbocycles. The minimum absolute atomic E-state index is 0.274. The van der Waals surface area contributed by atoms with Gasteiger partial charge < -0.3 is 18.8 Å². The number of halogens is 1. The molecule has 5 aromatic rings. The molecule has 3 aromatic carbocycles. The smallest absolute Gasteiger partial charge is 0.212 e. The first kappa shape index (κ1) is 22.5. The fourth-order valence-corrected chi connectivity index (χ4v) is 4.49. The molecule has 0 radical (unpaired) electrons. The van der Waals surface area contributed by atoms with Gasteiger partial charge in [-0.25, -0.2) is 9.37 Å². The molecule has 0 aliphatic rings. The lowest BCUT2D eigenvalue weighted by molar-refractivity contribution is 0.394. The maximum Gasteiger partial charge on any atom is 0.212 e. The number of nitrogens with zero attached hydrogens (tertiary/aromatic N) is 2. The van der Waals surface area contributed by atoms with Crippen molar-refractivity contribution in [3.05, 3.63) is 84.8 Å². The molecule has 0 atom stereocenters. The SMILES string of the molecule is COc1cc(OC)cc(-c2c(-c3ccc(F)cc3)c3cc(-c4ccc(OC)nc4)ccc3n2C)c1. The number of hydrogen-bond acceptors (Lipinski definition) is 4. The number of aryl methyl sites for hydroxylation is 1. The number of aromatic nitrogens is 2. The maximum absolute atomic E-state index is 13.8. The van der Waals surface area contributed by atoms with Gasteiger partial charge in [-0.05, 0) is 53.6 Å². The molecule has 176 valence electrons. The molecule has 0 spiro atoms. The van der Waals surface area contributed by atoms with Crippen LogP contribution in [0.25, 0.3) is 44.4 Å². The van der Waals surface area contributed by atoms with Crippen LogP contribution >= 0.6 is 0 Å². The van der Waals surface area contributed by atoms with Gasteiger partial charge >= 0.3 is 0 Å². The Hall–Kier alpha value is -4.32. The first-order valence-electron chi connectivity index (χ1n) is 11.1. The van der Waals surface area contributed by atoms with Gasteiger partial charge in [0, 0.05) is 53.0 Å². The van der Waals surface area contributed by atoms with E-state index in [-0.39, 0.29) is 5.82 Å². The number of hydrogen-bond donors (Lipinski definition) is 0. The Morgan fingerprint density at radius 2 is 1.34 bits per heavy atom. The van der Waals surface area contributed by atoms with Gasteiger partial charge in [0.25, 0.3) is 0 Å². The number of benzene rings is 3. The summed E-state index contributed by atoms with van der Waals surface area (Å²) in [5.74, 6) is 1.68. The normalized spacial score (nSPS) is 11.0. The van der Waals surface area contributed by atoms with Crippen molar-refractivity contribution < 1.29 is 18.6 Å². The van der Waals surface area contributed by atoms with Gasteiger partial charge in [-0.2, -0.15) is 0 Å². The lowest BCUT2D eigenvalue weighted by atomic mass is 9.96. The molecule has 0 saturated heterocycles. The molecule has 5 nitrogen and oxygen atoms in total. The first-order valence-corrected chi connectivity index (χ1v) is 11.1. The minimum atomic E-state index is -0.274. The molecule has 0 saturated carbocycles. The van der Waals surface area contributed by atoms with Gasteiger partial charge in [0.2, 0.25) is 5.88 Å². The minimum Gasteiger partial charge on any atom is -0.497 e. The average Bonchev–Trinajstić information content (AvgIpc) is 3.20. The van der Waals surface area contributed by atoms with E-state index in [1.165, 1.54) is 12.1 Å².